The Morgan fingerprint density at radius 3 is 3.17 bits per heavy atom. The van der Waals surface area contributed by atoms with E-state index in [1.807, 2.05) is 39.6 Å². The van der Waals surface area contributed by atoms with Crippen molar-refractivity contribution in [2.45, 2.75) is 25.9 Å². The number of hydrogen-bond donors (Lipinski definition) is 1. The first-order valence-electron chi connectivity index (χ1n) is 7.80. The third-order valence-corrected chi connectivity index (χ3v) is 4.99. The molecule has 1 saturated heterocycles. The molecule has 0 saturated carbocycles. The maximum atomic E-state index is 12.5. The van der Waals surface area contributed by atoms with Crippen molar-refractivity contribution in [3.8, 4) is 5.82 Å². The molecule has 23 heavy (non-hydrogen) atoms. The summed E-state index contributed by atoms with van der Waals surface area (Å²) in [6.45, 7) is 3.38. The van der Waals surface area contributed by atoms with Crippen LogP contribution in [0.25, 0.3) is 5.82 Å². The molecule has 122 valence electrons. The minimum Gasteiger partial charge on any atom is -0.334 e. The van der Waals surface area contributed by atoms with Crippen LogP contribution in [0, 0.1) is 0 Å². The number of imidazole rings is 1. The zero-order valence-corrected chi connectivity index (χ0v) is 14.0. The molecule has 1 aliphatic rings. The van der Waals surface area contributed by atoms with Crippen LogP contribution >= 0.6 is 11.8 Å². The first-order valence-corrected chi connectivity index (χ1v) is 8.95. The van der Waals surface area contributed by atoms with Gasteiger partial charge in [0, 0.05) is 49.0 Å². The summed E-state index contributed by atoms with van der Waals surface area (Å²) in [5.74, 6) is 2.92. The van der Waals surface area contributed by atoms with Gasteiger partial charge in [0.2, 0.25) is 0 Å². The lowest BCUT2D eigenvalue weighted by Gasteiger charge is -2.27. The van der Waals surface area contributed by atoms with Crippen molar-refractivity contribution in [2.75, 3.05) is 18.1 Å². The van der Waals surface area contributed by atoms with Crippen molar-refractivity contribution in [3.05, 3.63) is 42.6 Å². The number of carbonyl (C=O) groups excluding carboxylic acids is 1. The lowest BCUT2D eigenvalue weighted by Crippen LogP contribution is -2.45. The largest absolute Gasteiger partial charge is 0.334 e. The summed E-state index contributed by atoms with van der Waals surface area (Å²) in [4.78, 5) is 22.9. The Labute approximate surface area is 140 Å². The van der Waals surface area contributed by atoms with Crippen molar-refractivity contribution in [1.82, 2.24) is 24.8 Å². The summed E-state index contributed by atoms with van der Waals surface area (Å²) in [7, 11) is 0. The topological polar surface area (TPSA) is 63.1 Å². The van der Waals surface area contributed by atoms with Crippen molar-refractivity contribution >= 4 is 17.8 Å². The van der Waals surface area contributed by atoms with Gasteiger partial charge in [-0.1, -0.05) is 6.07 Å². The predicted molar refractivity (Wildman–Crippen MR) is 91.7 cm³/mol. The van der Waals surface area contributed by atoms with E-state index in [-0.39, 0.29) is 12.1 Å². The van der Waals surface area contributed by atoms with Gasteiger partial charge in [0.05, 0.1) is 0 Å². The molecule has 0 unspecified atom stereocenters. The van der Waals surface area contributed by atoms with Crippen molar-refractivity contribution in [2.24, 2.45) is 0 Å². The molecule has 0 radical (unpaired) electrons. The molecule has 0 aromatic carbocycles. The van der Waals surface area contributed by atoms with E-state index >= 15 is 0 Å². The Kier molecular flexibility index (Phi) is 5.17. The molecule has 3 rings (SSSR count). The zero-order valence-electron chi connectivity index (χ0n) is 13.2. The van der Waals surface area contributed by atoms with Gasteiger partial charge in [-0.25, -0.2) is 14.8 Å². The van der Waals surface area contributed by atoms with Gasteiger partial charge < -0.3 is 10.2 Å². The number of urea groups is 1. The number of hydrogen-bond acceptors (Lipinski definition) is 4. The van der Waals surface area contributed by atoms with E-state index in [4.69, 9.17) is 0 Å². The normalized spacial score (nSPS) is 18.5. The smallest absolute Gasteiger partial charge is 0.317 e. The summed E-state index contributed by atoms with van der Waals surface area (Å²) in [5.41, 5.74) is 0.968. The highest BCUT2D eigenvalue weighted by atomic mass is 32.2. The fourth-order valence-electron chi connectivity index (χ4n) is 2.65. The van der Waals surface area contributed by atoms with Gasteiger partial charge in [-0.05, 0) is 25.2 Å². The van der Waals surface area contributed by atoms with E-state index in [0.717, 1.165) is 35.9 Å². The van der Waals surface area contributed by atoms with Crippen LogP contribution in [0.4, 0.5) is 4.79 Å². The van der Waals surface area contributed by atoms with Crippen LogP contribution in [0.15, 0.2) is 37.1 Å². The van der Waals surface area contributed by atoms with Gasteiger partial charge in [-0.2, -0.15) is 11.8 Å². The van der Waals surface area contributed by atoms with Crippen LogP contribution in [0.3, 0.4) is 0 Å². The van der Waals surface area contributed by atoms with Crippen LogP contribution in [0.1, 0.15) is 18.9 Å². The van der Waals surface area contributed by atoms with Gasteiger partial charge in [0.25, 0.3) is 0 Å². The minimum atomic E-state index is 0.000402. The van der Waals surface area contributed by atoms with E-state index in [1.54, 1.807) is 18.7 Å². The average Bonchev–Trinajstić information content (AvgIpc) is 3.02. The molecule has 7 heteroatoms. The first kappa shape index (κ1) is 15.9. The highest BCUT2D eigenvalue weighted by Gasteiger charge is 2.22. The predicted octanol–water partition coefficient (Wildman–Crippen LogP) is 2.30. The second-order valence-electron chi connectivity index (χ2n) is 5.56. The molecule has 2 aromatic heterocycles. The minimum absolute atomic E-state index is 0.000402. The molecule has 0 bridgehead atoms. The summed E-state index contributed by atoms with van der Waals surface area (Å²) < 4.78 is 1.85. The van der Waals surface area contributed by atoms with Crippen molar-refractivity contribution < 1.29 is 4.79 Å². The van der Waals surface area contributed by atoms with Gasteiger partial charge in [0.15, 0.2) is 0 Å². The number of aromatic nitrogens is 3. The zero-order chi connectivity index (χ0) is 16.1. The molecular weight excluding hydrogens is 310 g/mol. The van der Waals surface area contributed by atoms with E-state index in [2.05, 4.69) is 22.2 Å². The SMILES string of the molecule is C[C@H]1CCSCCN1C(=O)NCc1cccnc1-n1ccnc1. The number of thioether (sulfide) groups is 1. The van der Waals surface area contributed by atoms with E-state index in [1.165, 1.54) is 0 Å². The number of amides is 2. The number of rotatable bonds is 3. The fourth-order valence-corrected chi connectivity index (χ4v) is 3.69. The quantitative estimate of drug-likeness (QED) is 0.937. The highest BCUT2D eigenvalue weighted by Crippen LogP contribution is 2.16. The molecule has 1 aliphatic heterocycles. The van der Waals surface area contributed by atoms with Crippen LogP contribution in [0.2, 0.25) is 0 Å². The van der Waals surface area contributed by atoms with Gasteiger partial charge in [-0.3, -0.25) is 4.57 Å². The molecular formula is C16H21N5OS. The summed E-state index contributed by atoms with van der Waals surface area (Å²) >= 11 is 1.91. The lowest BCUT2D eigenvalue weighted by molar-refractivity contribution is 0.182. The summed E-state index contributed by atoms with van der Waals surface area (Å²) in [5, 5.41) is 3.03. The second-order valence-corrected chi connectivity index (χ2v) is 6.78. The standard InChI is InChI=1S/C16H21N5OS/c1-13-4-9-23-10-8-21(13)16(22)19-11-14-3-2-5-18-15(14)20-7-6-17-12-20/h2-3,5-7,12-13H,4,8-11H2,1H3,(H,19,22)/t13-/m0/s1. The number of carbonyl (C=O) groups is 1. The van der Waals surface area contributed by atoms with Crippen LogP contribution in [0.5, 0.6) is 0 Å². The van der Waals surface area contributed by atoms with Gasteiger partial charge in [0.1, 0.15) is 12.1 Å². The van der Waals surface area contributed by atoms with Crippen LogP contribution < -0.4 is 5.32 Å². The van der Waals surface area contributed by atoms with E-state index in [9.17, 15) is 4.79 Å². The van der Waals surface area contributed by atoms with Gasteiger partial charge >= 0.3 is 6.03 Å². The molecule has 3 heterocycles. The maximum Gasteiger partial charge on any atom is 0.317 e. The average molecular weight is 331 g/mol. The Morgan fingerprint density at radius 2 is 2.35 bits per heavy atom. The number of pyridine rings is 1. The van der Waals surface area contributed by atoms with Crippen LogP contribution in [-0.2, 0) is 6.54 Å². The Hall–Kier alpha value is -2.02. The molecule has 1 atom stereocenters. The molecule has 1 N–H and O–H groups in total. The van der Waals surface area contributed by atoms with Crippen molar-refractivity contribution in [3.63, 3.8) is 0 Å². The third-order valence-electron chi connectivity index (χ3n) is 4.00. The monoisotopic (exact) mass is 331 g/mol. The Morgan fingerprint density at radius 1 is 1.43 bits per heavy atom. The summed E-state index contributed by atoms with van der Waals surface area (Å²) in [6.07, 6.45) is 8.07. The van der Waals surface area contributed by atoms with E-state index < -0.39 is 0 Å². The highest BCUT2D eigenvalue weighted by molar-refractivity contribution is 7.99. The lowest BCUT2D eigenvalue weighted by atomic mass is 10.2. The Bertz CT molecular complexity index is 646. The van der Waals surface area contributed by atoms with Crippen LogP contribution in [-0.4, -0.2) is 49.6 Å². The van der Waals surface area contributed by atoms with Gasteiger partial charge in [-0.15, -0.1) is 0 Å². The first-order chi connectivity index (χ1) is 11.3. The molecule has 0 spiro atoms. The Balaban J connectivity index is 1.67. The molecule has 0 aliphatic carbocycles. The number of nitrogens with zero attached hydrogens (tertiary/aromatic N) is 4. The second kappa shape index (κ2) is 7.50. The molecule has 2 amide bonds. The molecule has 1 fully saturated rings. The summed E-state index contributed by atoms with van der Waals surface area (Å²) in [6, 6.07) is 4.14. The fraction of sp³-hybridized carbons (Fsp3) is 0.438. The van der Waals surface area contributed by atoms with Crippen molar-refractivity contribution in [1.29, 1.82) is 0 Å². The molecule has 6 nitrogen and oxygen atoms in total. The van der Waals surface area contributed by atoms with E-state index in [0.29, 0.717) is 6.54 Å². The molecule has 2 aromatic rings. The number of nitrogens with one attached hydrogen (secondary N) is 1. The maximum absolute atomic E-state index is 12.5. The third kappa shape index (κ3) is 3.85.